The largest absolute Gasteiger partial charge is 0.380 e. The minimum Gasteiger partial charge on any atom is -0.380 e. The van der Waals surface area contributed by atoms with Crippen molar-refractivity contribution < 1.29 is 4.74 Å². The zero-order valence-corrected chi connectivity index (χ0v) is 13.4. The molecule has 2 aromatic rings. The quantitative estimate of drug-likeness (QED) is 0.760. The summed E-state index contributed by atoms with van der Waals surface area (Å²) in [6.07, 6.45) is 6.00. The summed E-state index contributed by atoms with van der Waals surface area (Å²) in [5.74, 6) is 0.691. The van der Waals surface area contributed by atoms with Crippen LogP contribution in [0.4, 0.5) is 0 Å². The van der Waals surface area contributed by atoms with Crippen molar-refractivity contribution in [3.05, 3.63) is 30.1 Å². The Hall–Kier alpha value is -1.39. The summed E-state index contributed by atoms with van der Waals surface area (Å²) in [6, 6.07) is 4.26. The van der Waals surface area contributed by atoms with Crippen LogP contribution in [0.2, 0.25) is 0 Å². The third kappa shape index (κ3) is 4.55. The Morgan fingerprint density at radius 2 is 2.10 bits per heavy atom. The number of fused-ring (bicyclic) bond motifs is 1. The van der Waals surface area contributed by atoms with Crippen LogP contribution in [-0.4, -0.2) is 28.8 Å². The van der Waals surface area contributed by atoms with E-state index in [0.29, 0.717) is 5.92 Å². The molecule has 2 N–H and O–H groups in total. The summed E-state index contributed by atoms with van der Waals surface area (Å²) >= 11 is 0. The molecule has 0 aliphatic carbocycles. The zero-order valence-electron chi connectivity index (χ0n) is 13.4. The summed E-state index contributed by atoms with van der Waals surface area (Å²) in [7, 11) is 0. The van der Waals surface area contributed by atoms with Crippen molar-refractivity contribution in [2.45, 2.75) is 46.2 Å². The van der Waals surface area contributed by atoms with E-state index >= 15 is 0 Å². The maximum atomic E-state index is 5.94. The van der Waals surface area contributed by atoms with Crippen molar-refractivity contribution in [2.24, 2.45) is 11.7 Å². The molecule has 0 saturated carbocycles. The zero-order chi connectivity index (χ0) is 15.2. The van der Waals surface area contributed by atoms with Crippen LogP contribution < -0.4 is 5.73 Å². The molecule has 0 amide bonds. The second-order valence-corrected chi connectivity index (χ2v) is 6.20. The maximum absolute atomic E-state index is 5.94. The lowest BCUT2D eigenvalue weighted by molar-refractivity contribution is 0.117. The fraction of sp³-hybridized carbons (Fsp3) is 0.588. The van der Waals surface area contributed by atoms with Crippen LogP contribution in [0.25, 0.3) is 11.0 Å². The molecule has 0 radical (unpaired) electrons. The van der Waals surface area contributed by atoms with Gasteiger partial charge in [0.1, 0.15) is 5.65 Å². The lowest BCUT2D eigenvalue weighted by Gasteiger charge is -2.07. The van der Waals surface area contributed by atoms with Crippen LogP contribution in [0.5, 0.6) is 0 Å². The molecule has 1 atom stereocenters. The highest BCUT2D eigenvalue weighted by Gasteiger charge is 2.10. The van der Waals surface area contributed by atoms with E-state index < -0.39 is 0 Å². The molecule has 116 valence electrons. The first-order valence-electron chi connectivity index (χ1n) is 7.84. The topological polar surface area (TPSA) is 53.1 Å². The van der Waals surface area contributed by atoms with Crippen LogP contribution in [0.3, 0.4) is 0 Å². The predicted octanol–water partition coefficient (Wildman–Crippen LogP) is 2.99. The SMILES string of the molecule is CC(C)CCOCCn1cc(CC(C)N)c2cccnc21. The van der Waals surface area contributed by atoms with E-state index in [9.17, 15) is 0 Å². The van der Waals surface area contributed by atoms with Crippen molar-refractivity contribution in [3.8, 4) is 0 Å². The summed E-state index contributed by atoms with van der Waals surface area (Å²) in [4.78, 5) is 4.50. The molecule has 2 heterocycles. The lowest BCUT2D eigenvalue weighted by Crippen LogP contribution is -2.17. The third-order valence-electron chi connectivity index (χ3n) is 3.57. The molecule has 0 aliphatic rings. The lowest BCUT2D eigenvalue weighted by atomic mass is 10.1. The number of hydrogen-bond acceptors (Lipinski definition) is 3. The fourth-order valence-corrected chi connectivity index (χ4v) is 2.46. The van der Waals surface area contributed by atoms with Crippen molar-refractivity contribution >= 4 is 11.0 Å². The number of nitrogens with zero attached hydrogens (tertiary/aromatic N) is 2. The van der Waals surface area contributed by atoms with Crippen LogP contribution in [0, 0.1) is 5.92 Å². The number of pyridine rings is 1. The van der Waals surface area contributed by atoms with E-state index in [4.69, 9.17) is 10.5 Å². The monoisotopic (exact) mass is 289 g/mol. The summed E-state index contributed by atoms with van der Waals surface area (Å²) in [5, 5.41) is 1.21. The molecule has 0 spiro atoms. The molecule has 4 nitrogen and oxygen atoms in total. The van der Waals surface area contributed by atoms with Gasteiger partial charge in [0.05, 0.1) is 6.61 Å². The van der Waals surface area contributed by atoms with Crippen LogP contribution in [0.1, 0.15) is 32.8 Å². The van der Waals surface area contributed by atoms with Gasteiger partial charge in [0.15, 0.2) is 0 Å². The summed E-state index contributed by atoms with van der Waals surface area (Å²) < 4.78 is 7.90. The molecule has 2 aromatic heterocycles. The number of ether oxygens (including phenoxy) is 1. The Morgan fingerprint density at radius 1 is 1.29 bits per heavy atom. The van der Waals surface area contributed by atoms with Gasteiger partial charge in [-0.15, -0.1) is 0 Å². The molecule has 2 rings (SSSR count). The number of hydrogen-bond donors (Lipinski definition) is 1. The maximum Gasteiger partial charge on any atom is 0.140 e. The molecule has 4 heteroatoms. The first-order chi connectivity index (χ1) is 10.1. The molecule has 1 unspecified atom stereocenters. The molecule has 21 heavy (non-hydrogen) atoms. The first-order valence-corrected chi connectivity index (χ1v) is 7.84. The van der Waals surface area contributed by atoms with E-state index in [1.54, 1.807) is 0 Å². The van der Waals surface area contributed by atoms with Crippen molar-refractivity contribution in [3.63, 3.8) is 0 Å². The Labute approximate surface area is 127 Å². The summed E-state index contributed by atoms with van der Waals surface area (Å²) in [5.41, 5.74) is 8.24. The van der Waals surface area contributed by atoms with Crippen molar-refractivity contribution in [1.82, 2.24) is 9.55 Å². The fourth-order valence-electron chi connectivity index (χ4n) is 2.46. The van der Waals surface area contributed by atoms with Crippen molar-refractivity contribution in [2.75, 3.05) is 13.2 Å². The molecular formula is C17H27N3O. The van der Waals surface area contributed by atoms with E-state index in [0.717, 1.165) is 38.2 Å². The van der Waals surface area contributed by atoms with Gasteiger partial charge in [0.25, 0.3) is 0 Å². The first kappa shape index (κ1) is 16.0. The predicted molar refractivity (Wildman–Crippen MR) is 87.4 cm³/mol. The molecule has 0 aromatic carbocycles. The second kappa shape index (κ2) is 7.57. The third-order valence-corrected chi connectivity index (χ3v) is 3.57. The van der Waals surface area contributed by atoms with Gasteiger partial charge in [-0.25, -0.2) is 4.98 Å². The van der Waals surface area contributed by atoms with Crippen molar-refractivity contribution in [1.29, 1.82) is 0 Å². The van der Waals surface area contributed by atoms with Gasteiger partial charge < -0.3 is 15.0 Å². The normalized spacial score (nSPS) is 13.2. The number of rotatable bonds is 8. The van der Waals surface area contributed by atoms with Gasteiger partial charge in [-0.1, -0.05) is 13.8 Å². The van der Waals surface area contributed by atoms with E-state index in [2.05, 4.69) is 35.7 Å². The molecule has 0 fully saturated rings. The molecule has 0 bridgehead atoms. The van der Waals surface area contributed by atoms with Gasteiger partial charge in [-0.05, 0) is 43.4 Å². The van der Waals surface area contributed by atoms with E-state index in [-0.39, 0.29) is 6.04 Å². The van der Waals surface area contributed by atoms with E-state index in [1.807, 2.05) is 19.2 Å². The Bertz CT molecular complexity index is 560. The molecular weight excluding hydrogens is 262 g/mol. The minimum atomic E-state index is 0.159. The highest BCUT2D eigenvalue weighted by atomic mass is 16.5. The van der Waals surface area contributed by atoms with Gasteiger partial charge >= 0.3 is 0 Å². The van der Waals surface area contributed by atoms with Crippen LogP contribution in [0.15, 0.2) is 24.5 Å². The highest BCUT2D eigenvalue weighted by molar-refractivity contribution is 5.80. The Kier molecular flexibility index (Phi) is 5.76. The average Bonchev–Trinajstić information content (AvgIpc) is 2.76. The Morgan fingerprint density at radius 3 is 2.81 bits per heavy atom. The van der Waals surface area contributed by atoms with Gasteiger partial charge in [-0.2, -0.15) is 0 Å². The highest BCUT2D eigenvalue weighted by Crippen LogP contribution is 2.20. The smallest absolute Gasteiger partial charge is 0.140 e. The average molecular weight is 289 g/mol. The minimum absolute atomic E-state index is 0.159. The number of aromatic nitrogens is 2. The van der Waals surface area contributed by atoms with Gasteiger partial charge in [0, 0.05) is 37.0 Å². The second-order valence-electron chi connectivity index (χ2n) is 6.20. The molecule has 0 saturated heterocycles. The standard InChI is InChI=1S/C17H27N3O/c1-13(2)6-9-21-10-8-20-12-15(11-14(3)18)16-5-4-7-19-17(16)20/h4-5,7,12-14H,6,8-11,18H2,1-3H3. The van der Waals surface area contributed by atoms with Crippen LogP contribution in [-0.2, 0) is 17.7 Å². The molecule has 0 aliphatic heterocycles. The number of nitrogens with two attached hydrogens (primary N) is 1. The Balaban J connectivity index is 2.02. The van der Waals surface area contributed by atoms with Crippen LogP contribution >= 0.6 is 0 Å². The van der Waals surface area contributed by atoms with Gasteiger partial charge in [-0.3, -0.25) is 0 Å². The van der Waals surface area contributed by atoms with E-state index in [1.165, 1.54) is 10.9 Å². The summed E-state index contributed by atoms with van der Waals surface area (Å²) in [6.45, 7) is 8.86. The van der Waals surface area contributed by atoms with Gasteiger partial charge in [0.2, 0.25) is 0 Å².